The molecular formula is C93H120N8O14. The van der Waals surface area contributed by atoms with Gasteiger partial charge in [0.25, 0.3) is 0 Å². The topological polar surface area (TPSA) is 278 Å². The van der Waals surface area contributed by atoms with Gasteiger partial charge in [0.15, 0.2) is 6.29 Å². The van der Waals surface area contributed by atoms with E-state index in [0.717, 1.165) is 27.8 Å². The quantitative estimate of drug-likeness (QED) is 0.0153. The van der Waals surface area contributed by atoms with Crippen molar-refractivity contribution >= 4 is 53.3 Å². The van der Waals surface area contributed by atoms with Crippen molar-refractivity contribution in [2.75, 3.05) is 26.8 Å². The van der Waals surface area contributed by atoms with Crippen molar-refractivity contribution in [3.05, 3.63) is 245 Å². The molecule has 7 amide bonds. The molecule has 1 aliphatic rings. The average molecular weight is 1570 g/mol. The summed E-state index contributed by atoms with van der Waals surface area (Å²) in [6.45, 7) is 23.1. The summed E-state index contributed by atoms with van der Waals surface area (Å²) in [5, 5.41) is 17.7. The second-order valence-corrected chi connectivity index (χ2v) is 31.9. The first kappa shape index (κ1) is 90.0. The lowest BCUT2D eigenvalue weighted by Gasteiger charge is -2.36. The largest absolute Gasteiger partial charge is 0.488 e. The van der Waals surface area contributed by atoms with Crippen LogP contribution in [-0.2, 0) is 93.6 Å². The number of esters is 2. The van der Waals surface area contributed by atoms with Crippen LogP contribution in [0.3, 0.4) is 0 Å². The van der Waals surface area contributed by atoms with E-state index in [9.17, 15) is 14.4 Å². The van der Waals surface area contributed by atoms with E-state index in [1.165, 1.54) is 18.9 Å². The SMILES string of the molecule is CC[C@H](C)[C@H](NC(=O)[C@H](Cc1ccc(OC(C)(C)C)cc1)N(C)C(=O)[C@@H](NC(=O)[C@H](CCC1OCCO1)N(Cc1ccccc1)Cc1ccccc1)[C@@H](C)CC)C(=O)O[C@H](C)[C@H](NC(=O)[C@H](CCC(=O)NCC(c1ccccc1)(c1ccccc1)c1ccccc1)NC(=O)C(C)C)C(=O)N[C@@H](CC(C)C)C(=O)OCc1ccccc1. The van der Waals surface area contributed by atoms with E-state index < -0.39 is 137 Å². The molecule has 1 heterocycles. The molecule has 7 aromatic carbocycles. The zero-order valence-corrected chi connectivity index (χ0v) is 69.1. The Morgan fingerprint density at radius 3 is 1.43 bits per heavy atom. The molecule has 6 N–H and O–H groups in total. The molecule has 10 atom stereocenters. The molecule has 616 valence electrons. The number of rotatable bonds is 43. The number of likely N-dealkylation sites (N-methyl/N-ethyl adjacent to an activating group) is 1. The van der Waals surface area contributed by atoms with Gasteiger partial charge in [-0.15, -0.1) is 0 Å². The lowest BCUT2D eigenvalue weighted by atomic mass is 9.69. The van der Waals surface area contributed by atoms with E-state index in [0.29, 0.717) is 68.9 Å². The molecule has 7 aromatic rings. The summed E-state index contributed by atoms with van der Waals surface area (Å²) in [4.78, 5) is 139. The third-order valence-corrected chi connectivity index (χ3v) is 21.1. The predicted molar refractivity (Wildman–Crippen MR) is 444 cm³/mol. The van der Waals surface area contributed by atoms with Crippen LogP contribution in [0.25, 0.3) is 0 Å². The molecule has 22 heteroatoms. The average Bonchev–Trinajstić information content (AvgIpc) is 1.76. The van der Waals surface area contributed by atoms with Crippen molar-refractivity contribution < 1.29 is 66.8 Å². The van der Waals surface area contributed by atoms with E-state index >= 15 is 28.8 Å². The summed E-state index contributed by atoms with van der Waals surface area (Å²) >= 11 is 0. The molecule has 0 bridgehead atoms. The van der Waals surface area contributed by atoms with Gasteiger partial charge in [-0.3, -0.25) is 38.5 Å². The Hall–Kier alpha value is -10.6. The molecule has 1 aliphatic heterocycles. The molecule has 0 saturated carbocycles. The minimum atomic E-state index is -1.81. The maximum absolute atomic E-state index is 15.8. The van der Waals surface area contributed by atoms with Crippen LogP contribution in [0.2, 0.25) is 0 Å². The summed E-state index contributed by atoms with van der Waals surface area (Å²) in [6.07, 6.45) is -1.21. The Bertz CT molecular complexity index is 4070. The van der Waals surface area contributed by atoms with E-state index in [2.05, 4.69) is 36.8 Å². The van der Waals surface area contributed by atoms with E-state index in [4.69, 9.17) is 23.7 Å². The van der Waals surface area contributed by atoms with Gasteiger partial charge >= 0.3 is 11.9 Å². The van der Waals surface area contributed by atoms with Gasteiger partial charge in [-0.05, 0) is 116 Å². The molecule has 22 nitrogen and oxygen atoms in total. The van der Waals surface area contributed by atoms with E-state index in [1.807, 2.05) is 213 Å². The first-order chi connectivity index (χ1) is 55.1. The zero-order chi connectivity index (χ0) is 83.2. The van der Waals surface area contributed by atoms with Gasteiger partial charge in [0.1, 0.15) is 60.3 Å². The van der Waals surface area contributed by atoms with Crippen LogP contribution in [-0.4, -0.2) is 150 Å². The third-order valence-electron chi connectivity index (χ3n) is 21.1. The van der Waals surface area contributed by atoms with Crippen LogP contribution >= 0.6 is 0 Å². The summed E-state index contributed by atoms with van der Waals surface area (Å²) in [5.41, 5.74) is 4.59. The van der Waals surface area contributed by atoms with E-state index in [-0.39, 0.29) is 44.8 Å². The van der Waals surface area contributed by atoms with Crippen LogP contribution < -0.4 is 36.6 Å². The highest BCUT2D eigenvalue weighted by atomic mass is 16.7. The summed E-state index contributed by atoms with van der Waals surface area (Å²) in [6, 6.07) is 55.9. The number of benzene rings is 7. The number of nitrogens with one attached hydrogen (secondary N) is 6. The number of hydrogen-bond acceptors (Lipinski definition) is 15. The molecule has 1 saturated heterocycles. The Morgan fingerprint density at radius 1 is 0.487 bits per heavy atom. The standard InChI is InChI=1S/C93H120N8O14/c1-14-64(7)81(97-86(105)77(51-53-80-111-54-55-112-80)101(58-68-34-22-16-23-35-68)59-69-36-24-17-25-37-69)89(108)100(13)78(57-67-46-48-74(49-47-67)115-92(10,11)12)87(106)98-82(65(8)15-2)91(110)114-66(9)83(88(107)96-76(56-62(3)4)90(109)113-60-70-38-26-18-27-39-70)99-85(104)75(95-84(103)63(5)6)50-52-79(102)94-61-93(71-40-28-19-29-41-71,72-42-30-20-31-43-72)73-44-32-21-33-45-73/h16-49,62-66,75-78,80-83H,14-15,50-61H2,1-13H3,(H,94,102)(H,95,103)(H,96,107)(H,97,105)(H,98,106)(H,99,104)/t64-,65-,66+,75-,76-,77-,78-,81-,82-,83-/m0/s1. The maximum atomic E-state index is 15.8. The van der Waals surface area contributed by atoms with Crippen molar-refractivity contribution in [1.82, 2.24) is 41.7 Å². The van der Waals surface area contributed by atoms with Gasteiger partial charge in [0.2, 0.25) is 41.4 Å². The van der Waals surface area contributed by atoms with Crippen molar-refractivity contribution in [1.29, 1.82) is 0 Å². The Kier molecular flexibility index (Phi) is 34.7. The number of hydrogen-bond donors (Lipinski definition) is 6. The number of ether oxygens (including phenoxy) is 5. The van der Waals surface area contributed by atoms with Crippen LogP contribution in [0.4, 0.5) is 0 Å². The highest BCUT2D eigenvalue weighted by molar-refractivity contribution is 5.96. The third kappa shape index (κ3) is 27.0. The fourth-order valence-corrected chi connectivity index (χ4v) is 14.1. The predicted octanol–water partition coefficient (Wildman–Crippen LogP) is 12.3. The van der Waals surface area contributed by atoms with Gasteiger partial charge in [0.05, 0.1) is 24.7 Å². The monoisotopic (exact) mass is 1570 g/mol. The number of carbonyl (C=O) groups excluding carboxylic acids is 9. The van der Waals surface area contributed by atoms with Gasteiger partial charge in [0, 0.05) is 51.9 Å². The Balaban J connectivity index is 1.10. The zero-order valence-electron chi connectivity index (χ0n) is 69.1. The second-order valence-electron chi connectivity index (χ2n) is 31.9. The highest BCUT2D eigenvalue weighted by Crippen LogP contribution is 2.39. The van der Waals surface area contributed by atoms with Crippen LogP contribution in [0.5, 0.6) is 5.75 Å². The molecule has 0 spiro atoms. The summed E-state index contributed by atoms with van der Waals surface area (Å²) < 4.78 is 30.1. The molecular weight excluding hydrogens is 1450 g/mol. The second kappa shape index (κ2) is 44.4. The summed E-state index contributed by atoms with van der Waals surface area (Å²) in [7, 11) is 1.50. The van der Waals surface area contributed by atoms with Crippen molar-refractivity contribution in [2.45, 2.75) is 220 Å². The van der Waals surface area contributed by atoms with Crippen molar-refractivity contribution in [3.8, 4) is 5.75 Å². The van der Waals surface area contributed by atoms with E-state index in [1.54, 1.807) is 69.3 Å². The lowest BCUT2D eigenvalue weighted by molar-refractivity contribution is -0.158. The fourth-order valence-electron chi connectivity index (χ4n) is 14.1. The van der Waals surface area contributed by atoms with Crippen LogP contribution in [0, 0.1) is 23.7 Å². The molecule has 8 rings (SSSR count). The van der Waals surface area contributed by atoms with Crippen molar-refractivity contribution in [2.24, 2.45) is 23.7 Å². The first-order valence-electron chi connectivity index (χ1n) is 40.5. The van der Waals surface area contributed by atoms with Crippen LogP contribution in [0.15, 0.2) is 206 Å². The minimum Gasteiger partial charge on any atom is -0.488 e. The normalized spacial score (nSPS) is 15.1. The maximum Gasteiger partial charge on any atom is 0.329 e. The lowest BCUT2D eigenvalue weighted by Crippen LogP contribution is -2.61. The smallest absolute Gasteiger partial charge is 0.329 e. The molecule has 0 aliphatic carbocycles. The van der Waals surface area contributed by atoms with Gasteiger partial charge in [-0.25, -0.2) is 9.59 Å². The summed E-state index contributed by atoms with van der Waals surface area (Å²) in [5.74, 6) is -7.80. The minimum absolute atomic E-state index is 0.0821. The number of nitrogens with zero attached hydrogens (tertiary/aromatic N) is 2. The van der Waals surface area contributed by atoms with Gasteiger partial charge < -0.3 is 60.5 Å². The van der Waals surface area contributed by atoms with Crippen molar-refractivity contribution in [3.63, 3.8) is 0 Å². The molecule has 0 aromatic heterocycles. The fraction of sp³-hybridized carbons (Fsp3) is 0.452. The highest BCUT2D eigenvalue weighted by Gasteiger charge is 2.43. The van der Waals surface area contributed by atoms with Gasteiger partial charge in [-0.1, -0.05) is 262 Å². The molecule has 1 fully saturated rings. The number of carbonyl (C=O) groups is 9. The Morgan fingerprint density at radius 2 is 0.948 bits per heavy atom. The van der Waals surface area contributed by atoms with Gasteiger partial charge in [-0.2, -0.15) is 0 Å². The molecule has 115 heavy (non-hydrogen) atoms. The number of amides is 7. The molecule has 0 unspecified atom stereocenters. The Labute approximate surface area is 679 Å². The van der Waals surface area contributed by atoms with Crippen LogP contribution in [0.1, 0.15) is 167 Å². The molecule has 0 radical (unpaired) electrons. The first-order valence-corrected chi connectivity index (χ1v) is 40.5.